The van der Waals surface area contributed by atoms with Gasteiger partial charge in [-0.2, -0.15) is 0 Å². The van der Waals surface area contributed by atoms with Crippen LogP contribution >= 0.6 is 22.6 Å². The molecule has 1 aliphatic heterocycles. The number of rotatable bonds is 2. The molecule has 3 heterocycles. The van der Waals surface area contributed by atoms with Gasteiger partial charge >= 0.3 is 11.4 Å². The maximum Gasteiger partial charge on any atom is 0.346 e. The van der Waals surface area contributed by atoms with Crippen LogP contribution in [0, 0.1) is 3.57 Å². The van der Waals surface area contributed by atoms with Gasteiger partial charge in [0.2, 0.25) is 0 Å². The van der Waals surface area contributed by atoms with E-state index < -0.39 is 48.1 Å². The second-order valence-corrected chi connectivity index (χ2v) is 6.36. The maximum absolute atomic E-state index is 11.4. The second-order valence-electron chi connectivity index (χ2n) is 5.20. The molecule has 2 aromatic heterocycles. The number of aromatic amines is 2. The predicted octanol–water partition coefficient (Wildman–Crippen LogP) is -2.90. The lowest BCUT2D eigenvalue weighted by Crippen LogP contribution is -2.37. The molecule has 0 bridgehead atoms. The number of hydrogen-bond donors (Lipinski definition) is 6. The van der Waals surface area contributed by atoms with Crippen molar-refractivity contribution in [3.63, 3.8) is 0 Å². The van der Waals surface area contributed by atoms with Crippen LogP contribution in [0.1, 0.15) is 6.23 Å². The van der Waals surface area contributed by atoms with Gasteiger partial charge in [0.05, 0.1) is 10.2 Å². The van der Waals surface area contributed by atoms with E-state index >= 15 is 0 Å². The number of halogens is 1. The van der Waals surface area contributed by atoms with E-state index in [9.17, 15) is 24.6 Å². The van der Waals surface area contributed by atoms with E-state index in [0.717, 1.165) is 20.4 Å². The zero-order chi connectivity index (χ0) is 19.4. The third kappa shape index (κ3) is 4.55. The van der Waals surface area contributed by atoms with Gasteiger partial charge in [-0.15, -0.1) is 0 Å². The Morgan fingerprint density at radius 3 is 2.46 bits per heavy atom. The van der Waals surface area contributed by atoms with Crippen LogP contribution < -0.4 is 22.7 Å². The molecular formula is C13H16IN5O7. The highest BCUT2D eigenvalue weighted by molar-refractivity contribution is 14.1. The molecule has 1 fully saturated rings. The van der Waals surface area contributed by atoms with Crippen LogP contribution in [0.4, 0.5) is 5.82 Å². The summed E-state index contributed by atoms with van der Waals surface area (Å²) < 4.78 is 6.84. The van der Waals surface area contributed by atoms with Gasteiger partial charge in [-0.25, -0.2) is 14.6 Å². The van der Waals surface area contributed by atoms with Crippen LogP contribution in [0.3, 0.4) is 0 Å². The number of nitrogens with zero attached hydrogens (tertiary/aromatic N) is 2. The SMILES string of the molecule is Nc1[nH]c(=O)ncc1I.O=c1ccn([C@@H]2O[C@H](CO)[C@@H](O)[C@H]2O)c(=O)[nH]1. The van der Waals surface area contributed by atoms with Crippen molar-refractivity contribution in [2.24, 2.45) is 0 Å². The van der Waals surface area contributed by atoms with Crippen molar-refractivity contribution in [3.05, 3.63) is 53.4 Å². The molecule has 0 saturated carbocycles. The van der Waals surface area contributed by atoms with E-state index in [1.165, 1.54) is 6.20 Å². The third-order valence-corrected chi connectivity index (χ3v) is 4.30. The van der Waals surface area contributed by atoms with E-state index in [2.05, 4.69) is 9.97 Å². The number of aliphatic hydroxyl groups excluding tert-OH is 3. The van der Waals surface area contributed by atoms with Crippen molar-refractivity contribution in [1.82, 2.24) is 19.5 Å². The average Bonchev–Trinajstić information content (AvgIpc) is 2.87. The standard InChI is InChI=1S/C9H12N2O6.C4H4IN3O/c12-3-4-6(14)7(15)8(17-4)11-2-1-5(13)10-9(11)16;5-2-1-7-4(9)8-3(2)6/h1-2,4,6-8,12,14-15H,3H2,(H,10,13,16);1H,(H3,6,7,8,9)/t4-,6-,7-,8-;/m1./s1. The fourth-order valence-corrected chi connectivity index (χ4v) is 2.40. The Labute approximate surface area is 158 Å². The second kappa shape index (κ2) is 8.54. The summed E-state index contributed by atoms with van der Waals surface area (Å²) in [7, 11) is 0. The van der Waals surface area contributed by atoms with E-state index in [1.807, 2.05) is 27.6 Å². The quantitative estimate of drug-likeness (QED) is 0.244. The van der Waals surface area contributed by atoms with Crippen molar-refractivity contribution in [2.75, 3.05) is 12.3 Å². The molecule has 0 aromatic carbocycles. The summed E-state index contributed by atoms with van der Waals surface area (Å²) in [6.45, 7) is -0.479. The molecule has 1 saturated heterocycles. The van der Waals surface area contributed by atoms with Crippen LogP contribution in [0.5, 0.6) is 0 Å². The lowest BCUT2D eigenvalue weighted by atomic mass is 10.1. The molecule has 0 spiro atoms. The Morgan fingerprint density at radius 2 is 1.96 bits per heavy atom. The minimum absolute atomic E-state index is 0.371. The first-order chi connectivity index (χ1) is 12.2. The molecule has 13 heteroatoms. The highest BCUT2D eigenvalue weighted by atomic mass is 127. The molecule has 142 valence electrons. The number of nitrogen functional groups attached to an aromatic ring is 1. The van der Waals surface area contributed by atoms with Gasteiger partial charge in [0.15, 0.2) is 6.23 Å². The topological polar surface area (TPSA) is 197 Å². The van der Waals surface area contributed by atoms with Crippen molar-refractivity contribution < 1.29 is 20.1 Å². The van der Waals surface area contributed by atoms with Crippen LogP contribution in [-0.4, -0.2) is 59.8 Å². The largest absolute Gasteiger partial charge is 0.394 e. The lowest BCUT2D eigenvalue weighted by Gasteiger charge is -2.16. The van der Waals surface area contributed by atoms with Gasteiger partial charge in [0, 0.05) is 18.5 Å². The molecule has 0 unspecified atom stereocenters. The molecule has 4 atom stereocenters. The van der Waals surface area contributed by atoms with E-state index in [0.29, 0.717) is 5.82 Å². The molecule has 12 nitrogen and oxygen atoms in total. The summed E-state index contributed by atoms with van der Waals surface area (Å²) in [5, 5.41) is 28.1. The molecule has 1 aliphatic rings. The summed E-state index contributed by atoms with van der Waals surface area (Å²) in [5.41, 5.74) is 3.58. The average molecular weight is 481 g/mol. The Kier molecular flexibility index (Phi) is 6.65. The molecule has 7 N–H and O–H groups in total. The Bertz CT molecular complexity index is 926. The Hall–Kier alpha value is -2.07. The van der Waals surface area contributed by atoms with Gasteiger partial charge < -0.3 is 25.8 Å². The molecule has 0 aliphatic carbocycles. The molecule has 0 radical (unpaired) electrons. The fraction of sp³-hybridized carbons (Fsp3) is 0.385. The number of H-pyrrole nitrogens is 2. The van der Waals surface area contributed by atoms with Crippen LogP contribution in [0.15, 0.2) is 32.8 Å². The first-order valence-electron chi connectivity index (χ1n) is 7.18. The minimum atomic E-state index is -1.35. The first kappa shape index (κ1) is 20.2. The lowest BCUT2D eigenvalue weighted by molar-refractivity contribution is -0.0550. The monoisotopic (exact) mass is 481 g/mol. The molecule has 2 aromatic rings. The van der Waals surface area contributed by atoms with Crippen LogP contribution in [-0.2, 0) is 4.74 Å². The van der Waals surface area contributed by atoms with Crippen molar-refractivity contribution in [3.8, 4) is 0 Å². The summed E-state index contributed by atoms with van der Waals surface area (Å²) in [6.07, 6.45) is -2.16. The Morgan fingerprint density at radius 1 is 1.27 bits per heavy atom. The number of nitrogens with two attached hydrogens (primary N) is 1. The molecule has 0 amide bonds. The Balaban J connectivity index is 0.000000228. The summed E-state index contributed by atoms with van der Waals surface area (Å²) in [6, 6.07) is 1.09. The number of hydrogen-bond acceptors (Lipinski definition) is 9. The summed E-state index contributed by atoms with van der Waals surface area (Å²) in [5.74, 6) is 0.371. The maximum atomic E-state index is 11.4. The smallest absolute Gasteiger partial charge is 0.346 e. The molecule has 3 rings (SSSR count). The third-order valence-electron chi connectivity index (χ3n) is 3.44. The summed E-state index contributed by atoms with van der Waals surface area (Å²) >= 11 is 1.98. The van der Waals surface area contributed by atoms with E-state index in [-0.39, 0.29) is 0 Å². The number of ether oxygens (including phenoxy) is 1. The first-order valence-corrected chi connectivity index (χ1v) is 8.26. The van der Waals surface area contributed by atoms with Gasteiger partial charge in [-0.3, -0.25) is 19.3 Å². The van der Waals surface area contributed by atoms with Gasteiger partial charge in [-0.05, 0) is 22.6 Å². The fourth-order valence-electron chi connectivity index (χ4n) is 2.13. The number of aliphatic hydroxyl groups is 3. The number of anilines is 1. The zero-order valence-electron chi connectivity index (χ0n) is 13.1. The van der Waals surface area contributed by atoms with E-state index in [4.69, 9.17) is 15.6 Å². The van der Waals surface area contributed by atoms with Crippen molar-refractivity contribution in [1.29, 1.82) is 0 Å². The van der Waals surface area contributed by atoms with Crippen molar-refractivity contribution >= 4 is 28.4 Å². The zero-order valence-corrected chi connectivity index (χ0v) is 15.2. The normalized spacial score (nSPS) is 24.8. The van der Waals surface area contributed by atoms with Crippen molar-refractivity contribution in [2.45, 2.75) is 24.5 Å². The molecular weight excluding hydrogens is 465 g/mol. The van der Waals surface area contributed by atoms with Gasteiger partial charge in [0.1, 0.15) is 24.1 Å². The highest BCUT2D eigenvalue weighted by Crippen LogP contribution is 2.27. The minimum Gasteiger partial charge on any atom is -0.394 e. The summed E-state index contributed by atoms with van der Waals surface area (Å²) in [4.78, 5) is 40.5. The number of aromatic nitrogens is 4. The van der Waals surface area contributed by atoms with Crippen LogP contribution in [0.25, 0.3) is 0 Å². The molecule has 26 heavy (non-hydrogen) atoms. The number of nitrogens with one attached hydrogen (secondary N) is 2. The predicted molar refractivity (Wildman–Crippen MR) is 96.3 cm³/mol. The van der Waals surface area contributed by atoms with Gasteiger partial charge in [0.25, 0.3) is 5.56 Å². The van der Waals surface area contributed by atoms with Gasteiger partial charge in [-0.1, -0.05) is 0 Å². The highest BCUT2D eigenvalue weighted by Gasteiger charge is 2.43. The van der Waals surface area contributed by atoms with E-state index in [1.54, 1.807) is 0 Å². The van der Waals surface area contributed by atoms with Crippen LogP contribution in [0.2, 0.25) is 0 Å².